The van der Waals surface area contributed by atoms with Crippen molar-refractivity contribution in [1.82, 2.24) is 15.0 Å². The molecule has 0 saturated heterocycles. The van der Waals surface area contributed by atoms with Crippen LogP contribution in [0.3, 0.4) is 0 Å². The Morgan fingerprint density at radius 1 is 1.33 bits per heavy atom. The Labute approximate surface area is 70.7 Å². The Balaban J connectivity index is 2.72. The quantitative estimate of drug-likeness (QED) is 0.423. The predicted molar refractivity (Wildman–Crippen MR) is 47.2 cm³/mol. The van der Waals surface area contributed by atoms with Crippen LogP contribution in [0.15, 0.2) is 12.4 Å². The summed E-state index contributed by atoms with van der Waals surface area (Å²) in [5.41, 5.74) is 5.35. The number of nitrogens with zero attached hydrogens (tertiary/aromatic N) is 3. The van der Waals surface area contributed by atoms with E-state index in [-0.39, 0.29) is 0 Å². The second-order valence-electron chi connectivity index (χ2n) is 2.44. The molecule has 0 spiro atoms. The zero-order valence-corrected chi connectivity index (χ0v) is 7.07. The van der Waals surface area contributed by atoms with Crippen LogP contribution in [-0.2, 0) is 0 Å². The molecule has 0 saturated carbocycles. The number of nitrogen functional groups attached to an aromatic ring is 1. The van der Waals surface area contributed by atoms with E-state index in [9.17, 15) is 0 Å². The minimum Gasteiger partial charge on any atom is -0.307 e. The van der Waals surface area contributed by atoms with Gasteiger partial charge in [-0.15, -0.1) is 0 Å². The number of hydrogen-bond acceptors (Lipinski definition) is 6. The summed E-state index contributed by atoms with van der Waals surface area (Å²) in [6, 6.07) is 0. The average Bonchev–Trinajstić information content (AvgIpc) is 2.03. The maximum atomic E-state index is 5.16. The lowest BCUT2D eigenvalue weighted by Crippen LogP contribution is -2.21. The van der Waals surface area contributed by atoms with Crippen LogP contribution in [0.4, 0.5) is 11.6 Å². The second-order valence-corrected chi connectivity index (χ2v) is 2.44. The number of nitrogens with one attached hydrogen (secondary N) is 2. The lowest BCUT2D eigenvalue weighted by molar-refractivity contribution is 0.492. The predicted octanol–water partition coefficient (Wildman–Crippen LogP) is -0.349. The van der Waals surface area contributed by atoms with Crippen molar-refractivity contribution in [2.24, 2.45) is 5.84 Å². The lowest BCUT2D eigenvalue weighted by Gasteiger charge is -2.12. The van der Waals surface area contributed by atoms with Crippen LogP contribution in [0.1, 0.15) is 0 Å². The summed E-state index contributed by atoms with van der Waals surface area (Å²) in [6.45, 7) is 0. The van der Waals surface area contributed by atoms with E-state index in [1.54, 1.807) is 17.4 Å². The molecule has 0 aliphatic heterocycles. The zero-order chi connectivity index (χ0) is 8.97. The summed E-state index contributed by atoms with van der Waals surface area (Å²) in [5.74, 6) is 6.33. The first-order valence-corrected chi connectivity index (χ1v) is 3.45. The van der Waals surface area contributed by atoms with Gasteiger partial charge in [-0.2, -0.15) is 0 Å². The van der Waals surface area contributed by atoms with Gasteiger partial charge in [-0.3, -0.25) is 4.98 Å². The fourth-order valence-electron chi connectivity index (χ4n) is 0.718. The number of aromatic nitrogens is 2. The molecule has 0 atom stereocenters. The Bertz CT molecular complexity index is 248. The normalized spacial score (nSPS) is 10.0. The summed E-state index contributed by atoms with van der Waals surface area (Å²) >= 11 is 0. The number of rotatable bonds is 3. The van der Waals surface area contributed by atoms with Crippen LogP contribution in [0.5, 0.6) is 0 Å². The minimum absolute atomic E-state index is 0.529. The molecule has 66 valence electrons. The number of hydrazine groups is 2. The van der Waals surface area contributed by atoms with Gasteiger partial charge in [0.25, 0.3) is 0 Å². The van der Waals surface area contributed by atoms with Crippen molar-refractivity contribution in [3.63, 3.8) is 0 Å². The molecule has 6 heteroatoms. The molecule has 6 nitrogen and oxygen atoms in total. The maximum Gasteiger partial charge on any atom is 0.161 e. The van der Waals surface area contributed by atoms with Gasteiger partial charge in [0.15, 0.2) is 11.6 Å². The monoisotopic (exact) mass is 168 g/mol. The van der Waals surface area contributed by atoms with Crippen LogP contribution in [0.2, 0.25) is 0 Å². The van der Waals surface area contributed by atoms with Crippen molar-refractivity contribution in [1.29, 1.82) is 0 Å². The SMILES string of the molecule is CN(C)Nc1cncc(NN)n1. The first-order chi connectivity index (χ1) is 5.72. The summed E-state index contributed by atoms with van der Waals surface area (Å²) in [5, 5.41) is 1.77. The molecule has 0 aliphatic rings. The highest BCUT2D eigenvalue weighted by molar-refractivity contribution is 5.39. The first-order valence-electron chi connectivity index (χ1n) is 3.45. The van der Waals surface area contributed by atoms with Gasteiger partial charge < -0.3 is 10.9 Å². The minimum atomic E-state index is 0.529. The topological polar surface area (TPSA) is 79.1 Å². The molecule has 4 N–H and O–H groups in total. The van der Waals surface area contributed by atoms with Gasteiger partial charge in [-0.25, -0.2) is 15.8 Å². The molecule has 1 rings (SSSR count). The maximum absolute atomic E-state index is 5.16. The third-order valence-electron chi connectivity index (χ3n) is 1.12. The van der Waals surface area contributed by atoms with Crippen molar-refractivity contribution >= 4 is 11.6 Å². The standard InChI is InChI=1S/C6H12N6/c1-12(2)11-6-4-8-3-5(9-6)10-7/h3-4H,7H2,1-2H3,(H2,9,10,11). The van der Waals surface area contributed by atoms with E-state index in [2.05, 4.69) is 20.8 Å². The number of anilines is 2. The third kappa shape index (κ3) is 2.33. The Morgan fingerprint density at radius 2 is 2.00 bits per heavy atom. The Morgan fingerprint density at radius 3 is 2.58 bits per heavy atom. The zero-order valence-electron chi connectivity index (χ0n) is 7.07. The van der Waals surface area contributed by atoms with Crippen molar-refractivity contribution < 1.29 is 0 Å². The van der Waals surface area contributed by atoms with E-state index in [1.807, 2.05) is 14.1 Å². The van der Waals surface area contributed by atoms with Crippen molar-refractivity contribution in [2.45, 2.75) is 0 Å². The smallest absolute Gasteiger partial charge is 0.161 e. The molecule has 1 aromatic heterocycles. The highest BCUT2D eigenvalue weighted by atomic mass is 15.5. The Hall–Kier alpha value is -1.40. The second kappa shape index (κ2) is 3.84. The third-order valence-corrected chi connectivity index (χ3v) is 1.12. The first kappa shape index (κ1) is 8.69. The summed E-state index contributed by atoms with van der Waals surface area (Å²) in [6.07, 6.45) is 3.15. The van der Waals surface area contributed by atoms with Crippen LogP contribution in [0.25, 0.3) is 0 Å². The van der Waals surface area contributed by atoms with Crippen LogP contribution in [0, 0.1) is 0 Å². The highest BCUT2D eigenvalue weighted by Gasteiger charge is 1.96. The van der Waals surface area contributed by atoms with Crippen molar-refractivity contribution in [2.75, 3.05) is 24.9 Å². The van der Waals surface area contributed by atoms with E-state index in [0.717, 1.165) is 0 Å². The van der Waals surface area contributed by atoms with E-state index >= 15 is 0 Å². The summed E-state index contributed by atoms with van der Waals surface area (Å²) in [7, 11) is 3.73. The Kier molecular flexibility index (Phi) is 2.78. The number of nitrogens with two attached hydrogens (primary N) is 1. The van der Waals surface area contributed by atoms with Crippen LogP contribution in [-0.4, -0.2) is 29.1 Å². The van der Waals surface area contributed by atoms with Gasteiger partial charge in [0.1, 0.15) is 0 Å². The fraction of sp³-hybridized carbons (Fsp3) is 0.333. The molecule has 0 unspecified atom stereocenters. The highest BCUT2D eigenvalue weighted by Crippen LogP contribution is 2.04. The number of hydrogen-bond donors (Lipinski definition) is 3. The van der Waals surface area contributed by atoms with Gasteiger partial charge in [0.05, 0.1) is 12.4 Å². The van der Waals surface area contributed by atoms with Crippen LogP contribution < -0.4 is 16.7 Å². The molecular weight excluding hydrogens is 156 g/mol. The van der Waals surface area contributed by atoms with E-state index in [0.29, 0.717) is 11.6 Å². The molecule has 0 fully saturated rings. The summed E-state index contributed by atoms with van der Waals surface area (Å²) in [4.78, 5) is 7.99. The van der Waals surface area contributed by atoms with Crippen LogP contribution >= 0.6 is 0 Å². The van der Waals surface area contributed by atoms with Gasteiger partial charge in [-0.1, -0.05) is 0 Å². The van der Waals surface area contributed by atoms with Gasteiger partial charge in [0, 0.05) is 14.1 Å². The molecule has 0 radical (unpaired) electrons. The van der Waals surface area contributed by atoms with E-state index in [4.69, 9.17) is 5.84 Å². The molecule has 1 aromatic rings. The van der Waals surface area contributed by atoms with E-state index in [1.165, 1.54) is 0 Å². The summed E-state index contributed by atoms with van der Waals surface area (Å²) < 4.78 is 0. The lowest BCUT2D eigenvalue weighted by atomic mass is 10.6. The average molecular weight is 168 g/mol. The van der Waals surface area contributed by atoms with Gasteiger partial charge in [0.2, 0.25) is 0 Å². The van der Waals surface area contributed by atoms with Gasteiger partial charge in [-0.05, 0) is 0 Å². The molecule has 0 bridgehead atoms. The molecule has 12 heavy (non-hydrogen) atoms. The van der Waals surface area contributed by atoms with E-state index < -0.39 is 0 Å². The largest absolute Gasteiger partial charge is 0.307 e. The van der Waals surface area contributed by atoms with Gasteiger partial charge >= 0.3 is 0 Å². The fourth-order valence-corrected chi connectivity index (χ4v) is 0.718. The van der Waals surface area contributed by atoms with Crippen molar-refractivity contribution in [3.05, 3.63) is 12.4 Å². The molecule has 0 amide bonds. The molecule has 1 heterocycles. The van der Waals surface area contributed by atoms with Crippen molar-refractivity contribution in [3.8, 4) is 0 Å². The molecular formula is C6H12N6. The molecule has 0 aliphatic carbocycles. The molecule has 0 aromatic carbocycles.